The third-order valence-corrected chi connectivity index (χ3v) is 3.77. The molecular weight excluding hydrogens is 303 g/mol. The van der Waals surface area contributed by atoms with Crippen LogP contribution in [0.4, 0.5) is 4.39 Å². The molecule has 2 nitrogen and oxygen atoms in total. The summed E-state index contributed by atoms with van der Waals surface area (Å²) in [5.41, 5.74) is 4.45. The van der Waals surface area contributed by atoms with E-state index in [4.69, 9.17) is 5.84 Å². The summed E-state index contributed by atoms with van der Waals surface area (Å²) in [4.78, 5) is 0. The van der Waals surface area contributed by atoms with Gasteiger partial charge < -0.3 is 0 Å². The van der Waals surface area contributed by atoms with Crippen LogP contribution >= 0.6 is 27.3 Å². The normalized spacial score (nSPS) is 12.6. The second kappa shape index (κ2) is 5.73. The number of hydrazine groups is 1. The number of benzene rings is 1. The fraction of sp³-hybridized carbons (Fsp3) is 0.167. The maximum absolute atomic E-state index is 13.6. The van der Waals surface area contributed by atoms with E-state index in [1.165, 1.54) is 6.07 Å². The van der Waals surface area contributed by atoms with E-state index in [9.17, 15) is 4.39 Å². The SMILES string of the molecule is NNC(Cc1cc(Br)ccc1F)c1ccsc1. The zero-order chi connectivity index (χ0) is 12.3. The first-order valence-corrected chi connectivity index (χ1v) is 6.86. The van der Waals surface area contributed by atoms with Gasteiger partial charge in [0.15, 0.2) is 0 Å². The minimum absolute atomic E-state index is 0.0648. The lowest BCUT2D eigenvalue weighted by atomic mass is 10.0. The molecule has 90 valence electrons. The number of hydrogen-bond acceptors (Lipinski definition) is 3. The smallest absolute Gasteiger partial charge is 0.126 e. The maximum atomic E-state index is 13.6. The Morgan fingerprint density at radius 3 is 2.88 bits per heavy atom. The third kappa shape index (κ3) is 3.13. The molecule has 0 fully saturated rings. The monoisotopic (exact) mass is 314 g/mol. The van der Waals surface area contributed by atoms with Gasteiger partial charge in [0.05, 0.1) is 6.04 Å². The molecule has 0 aliphatic heterocycles. The highest BCUT2D eigenvalue weighted by Gasteiger charge is 2.13. The van der Waals surface area contributed by atoms with Gasteiger partial charge in [-0.2, -0.15) is 11.3 Å². The van der Waals surface area contributed by atoms with Crippen molar-refractivity contribution in [2.75, 3.05) is 0 Å². The van der Waals surface area contributed by atoms with Crippen LogP contribution in [0.5, 0.6) is 0 Å². The van der Waals surface area contributed by atoms with Gasteiger partial charge in [-0.25, -0.2) is 4.39 Å². The molecule has 0 bridgehead atoms. The summed E-state index contributed by atoms with van der Waals surface area (Å²) >= 11 is 4.94. The van der Waals surface area contributed by atoms with E-state index < -0.39 is 0 Å². The number of thiophene rings is 1. The Kier molecular flexibility index (Phi) is 4.28. The van der Waals surface area contributed by atoms with Gasteiger partial charge in [-0.3, -0.25) is 11.3 Å². The first kappa shape index (κ1) is 12.7. The predicted molar refractivity (Wildman–Crippen MR) is 72.2 cm³/mol. The van der Waals surface area contributed by atoms with Crippen LogP contribution in [0, 0.1) is 5.82 Å². The van der Waals surface area contributed by atoms with E-state index in [1.54, 1.807) is 23.5 Å². The Morgan fingerprint density at radius 1 is 1.41 bits per heavy atom. The number of rotatable bonds is 4. The van der Waals surface area contributed by atoms with Gasteiger partial charge in [0.25, 0.3) is 0 Å². The molecule has 0 saturated carbocycles. The minimum atomic E-state index is -0.205. The molecule has 0 radical (unpaired) electrons. The first-order chi connectivity index (χ1) is 8.20. The zero-order valence-corrected chi connectivity index (χ0v) is 11.4. The second-order valence-electron chi connectivity index (χ2n) is 3.72. The van der Waals surface area contributed by atoms with Crippen LogP contribution in [0.1, 0.15) is 17.2 Å². The van der Waals surface area contributed by atoms with Crippen molar-refractivity contribution in [3.8, 4) is 0 Å². The fourth-order valence-corrected chi connectivity index (χ4v) is 2.79. The Hall–Kier alpha value is -0.750. The molecular formula is C12H12BrFN2S. The van der Waals surface area contributed by atoms with Gasteiger partial charge in [0, 0.05) is 4.47 Å². The Bertz CT molecular complexity index is 487. The van der Waals surface area contributed by atoms with Crippen molar-refractivity contribution in [1.29, 1.82) is 0 Å². The van der Waals surface area contributed by atoms with Crippen LogP contribution < -0.4 is 11.3 Å². The quantitative estimate of drug-likeness (QED) is 0.670. The zero-order valence-electron chi connectivity index (χ0n) is 8.99. The van der Waals surface area contributed by atoms with Crippen LogP contribution in [-0.4, -0.2) is 0 Å². The Labute approximate surface area is 112 Å². The molecule has 5 heteroatoms. The van der Waals surface area contributed by atoms with Crippen LogP contribution in [0.3, 0.4) is 0 Å². The molecule has 1 unspecified atom stereocenters. The van der Waals surface area contributed by atoms with Crippen LogP contribution in [0.25, 0.3) is 0 Å². The standard InChI is InChI=1S/C12H12BrFN2S/c13-10-1-2-11(14)9(5-10)6-12(16-15)8-3-4-17-7-8/h1-5,7,12,16H,6,15H2. The summed E-state index contributed by atoms with van der Waals surface area (Å²) < 4.78 is 14.5. The van der Waals surface area contributed by atoms with Gasteiger partial charge in [-0.05, 0) is 52.6 Å². The van der Waals surface area contributed by atoms with Crippen molar-refractivity contribution in [2.24, 2.45) is 5.84 Å². The molecule has 0 amide bonds. The highest BCUT2D eigenvalue weighted by atomic mass is 79.9. The summed E-state index contributed by atoms with van der Waals surface area (Å²) in [5.74, 6) is 5.32. The predicted octanol–water partition coefficient (Wildman–Crippen LogP) is 3.40. The number of nitrogens with two attached hydrogens (primary N) is 1. The topological polar surface area (TPSA) is 38.0 Å². The lowest BCUT2D eigenvalue weighted by Crippen LogP contribution is -2.29. The summed E-state index contributed by atoms with van der Waals surface area (Å²) in [6.45, 7) is 0. The van der Waals surface area contributed by atoms with Crippen LogP contribution in [0.15, 0.2) is 39.5 Å². The number of halogens is 2. The summed E-state index contributed by atoms with van der Waals surface area (Å²) in [6, 6.07) is 6.86. The second-order valence-corrected chi connectivity index (χ2v) is 5.41. The molecule has 1 aromatic carbocycles. The highest BCUT2D eigenvalue weighted by molar-refractivity contribution is 9.10. The molecule has 17 heavy (non-hydrogen) atoms. The molecule has 0 spiro atoms. The van der Waals surface area contributed by atoms with Gasteiger partial charge >= 0.3 is 0 Å². The van der Waals surface area contributed by atoms with Crippen LogP contribution in [-0.2, 0) is 6.42 Å². The lowest BCUT2D eigenvalue weighted by molar-refractivity contribution is 0.530. The maximum Gasteiger partial charge on any atom is 0.126 e. The third-order valence-electron chi connectivity index (χ3n) is 2.58. The lowest BCUT2D eigenvalue weighted by Gasteiger charge is -2.15. The molecule has 3 N–H and O–H groups in total. The molecule has 1 aromatic heterocycles. The Balaban J connectivity index is 2.21. The molecule has 1 heterocycles. The van der Waals surface area contributed by atoms with E-state index in [0.717, 1.165) is 10.0 Å². The van der Waals surface area contributed by atoms with Crippen molar-refractivity contribution in [3.63, 3.8) is 0 Å². The fourth-order valence-electron chi connectivity index (χ4n) is 1.67. The van der Waals surface area contributed by atoms with Crippen molar-refractivity contribution in [2.45, 2.75) is 12.5 Å². The van der Waals surface area contributed by atoms with E-state index >= 15 is 0 Å². The molecule has 2 aromatic rings. The molecule has 2 rings (SSSR count). The summed E-state index contributed by atoms with van der Waals surface area (Å²) in [7, 11) is 0. The van der Waals surface area contributed by atoms with Crippen molar-refractivity contribution in [1.82, 2.24) is 5.43 Å². The van der Waals surface area contributed by atoms with Crippen molar-refractivity contribution >= 4 is 27.3 Å². The van der Waals surface area contributed by atoms with E-state index in [2.05, 4.69) is 21.4 Å². The van der Waals surface area contributed by atoms with Gasteiger partial charge in [0.2, 0.25) is 0 Å². The highest BCUT2D eigenvalue weighted by Crippen LogP contribution is 2.23. The largest absolute Gasteiger partial charge is 0.271 e. The van der Waals surface area contributed by atoms with Gasteiger partial charge in [0.1, 0.15) is 5.82 Å². The average molecular weight is 315 g/mol. The van der Waals surface area contributed by atoms with E-state index in [1.807, 2.05) is 16.8 Å². The molecule has 0 aliphatic rings. The summed E-state index contributed by atoms with van der Waals surface area (Å²) in [6.07, 6.45) is 0.526. The van der Waals surface area contributed by atoms with E-state index in [0.29, 0.717) is 12.0 Å². The van der Waals surface area contributed by atoms with Crippen LogP contribution in [0.2, 0.25) is 0 Å². The van der Waals surface area contributed by atoms with Gasteiger partial charge in [-0.1, -0.05) is 15.9 Å². The van der Waals surface area contributed by atoms with Gasteiger partial charge in [-0.15, -0.1) is 0 Å². The van der Waals surface area contributed by atoms with Crippen molar-refractivity contribution in [3.05, 3.63) is 56.4 Å². The molecule has 1 atom stereocenters. The van der Waals surface area contributed by atoms with Crippen molar-refractivity contribution < 1.29 is 4.39 Å². The summed E-state index contributed by atoms with van der Waals surface area (Å²) in [5, 5.41) is 4.00. The first-order valence-electron chi connectivity index (χ1n) is 5.13. The van der Waals surface area contributed by atoms with E-state index in [-0.39, 0.29) is 11.9 Å². The molecule has 0 aliphatic carbocycles. The molecule has 0 saturated heterocycles. The average Bonchev–Trinajstić information content (AvgIpc) is 2.84. The Morgan fingerprint density at radius 2 is 2.24 bits per heavy atom. The number of nitrogens with one attached hydrogen (secondary N) is 1. The number of hydrogen-bond donors (Lipinski definition) is 2. The minimum Gasteiger partial charge on any atom is -0.271 e.